The van der Waals surface area contributed by atoms with Crippen LogP contribution >= 0.6 is 0 Å². The van der Waals surface area contributed by atoms with E-state index in [2.05, 4.69) is 0 Å². The molecule has 0 aromatic carbocycles. The van der Waals surface area contributed by atoms with Gasteiger partial charge in [0, 0.05) is 25.7 Å². The summed E-state index contributed by atoms with van der Waals surface area (Å²) in [5.41, 5.74) is 5.11. The first-order valence-electron chi connectivity index (χ1n) is 5.10. The molecule has 0 saturated heterocycles. The van der Waals surface area contributed by atoms with E-state index in [1.165, 1.54) is 0 Å². The number of hydrogen-bond acceptors (Lipinski definition) is 3. The van der Waals surface area contributed by atoms with Gasteiger partial charge in [-0.05, 0) is 12.8 Å². The molecule has 1 saturated carbocycles. The van der Waals surface area contributed by atoms with E-state index in [1.54, 1.807) is 4.90 Å². The molecule has 0 aliphatic heterocycles. The first-order valence-corrected chi connectivity index (χ1v) is 5.10. The summed E-state index contributed by atoms with van der Waals surface area (Å²) in [5, 5.41) is 8.75. The summed E-state index contributed by atoms with van der Waals surface area (Å²) < 4.78 is 37.3. The molecule has 0 radical (unpaired) electrons. The number of aliphatic hydroxyl groups is 1. The molecule has 15 heavy (non-hydrogen) atoms. The zero-order valence-corrected chi connectivity index (χ0v) is 8.50. The van der Waals surface area contributed by atoms with Crippen molar-refractivity contribution in [1.82, 2.24) is 4.90 Å². The van der Waals surface area contributed by atoms with Gasteiger partial charge >= 0.3 is 6.18 Å². The van der Waals surface area contributed by atoms with E-state index < -0.39 is 18.6 Å². The van der Waals surface area contributed by atoms with Gasteiger partial charge in [-0.25, -0.2) is 0 Å². The van der Waals surface area contributed by atoms with Crippen molar-refractivity contribution in [3.05, 3.63) is 0 Å². The highest BCUT2D eigenvalue weighted by Gasteiger charge is 2.41. The molecule has 1 unspecified atom stereocenters. The van der Waals surface area contributed by atoms with Crippen molar-refractivity contribution < 1.29 is 18.3 Å². The van der Waals surface area contributed by atoms with Crippen LogP contribution in [0.4, 0.5) is 13.2 Å². The van der Waals surface area contributed by atoms with Crippen LogP contribution in [0.2, 0.25) is 0 Å². The van der Waals surface area contributed by atoms with Crippen molar-refractivity contribution in [1.29, 1.82) is 0 Å². The first-order chi connectivity index (χ1) is 6.99. The van der Waals surface area contributed by atoms with Gasteiger partial charge in [-0.1, -0.05) is 0 Å². The van der Waals surface area contributed by atoms with E-state index in [0.717, 1.165) is 12.8 Å². The fourth-order valence-electron chi connectivity index (χ4n) is 1.59. The Kier molecular flexibility index (Phi) is 4.36. The predicted octanol–water partition coefficient (Wildman–Crippen LogP) is 0.580. The van der Waals surface area contributed by atoms with Gasteiger partial charge in [0.25, 0.3) is 0 Å². The fraction of sp³-hybridized carbons (Fsp3) is 1.00. The Balaban J connectivity index is 2.47. The quantitative estimate of drug-likeness (QED) is 0.696. The Hall–Kier alpha value is -0.330. The third kappa shape index (κ3) is 3.96. The first kappa shape index (κ1) is 12.7. The van der Waals surface area contributed by atoms with Crippen molar-refractivity contribution in [2.24, 2.45) is 11.7 Å². The Morgan fingerprint density at radius 1 is 1.40 bits per heavy atom. The van der Waals surface area contributed by atoms with Gasteiger partial charge in [-0.2, -0.15) is 13.2 Å². The second kappa shape index (κ2) is 5.14. The fourth-order valence-corrected chi connectivity index (χ4v) is 1.59. The van der Waals surface area contributed by atoms with E-state index in [-0.39, 0.29) is 19.2 Å². The van der Waals surface area contributed by atoms with Crippen molar-refractivity contribution in [3.63, 3.8) is 0 Å². The van der Waals surface area contributed by atoms with Crippen LogP contribution in [0.15, 0.2) is 0 Å². The number of halogens is 3. The number of alkyl halides is 3. The molecule has 1 aliphatic rings. The number of hydrogen-bond donors (Lipinski definition) is 2. The van der Waals surface area contributed by atoms with Crippen molar-refractivity contribution in [2.45, 2.75) is 25.1 Å². The lowest BCUT2D eigenvalue weighted by atomic mass is 10.1. The van der Waals surface area contributed by atoms with Gasteiger partial charge in [0.15, 0.2) is 0 Å². The van der Waals surface area contributed by atoms with E-state index in [1.807, 2.05) is 0 Å². The molecule has 0 bridgehead atoms. The Morgan fingerprint density at radius 3 is 2.33 bits per heavy atom. The highest BCUT2D eigenvalue weighted by molar-refractivity contribution is 4.86. The largest absolute Gasteiger partial charge is 0.395 e. The summed E-state index contributed by atoms with van der Waals surface area (Å²) in [6.45, 7) is -0.285. The normalized spacial score (nSPS) is 19.6. The Bertz CT molecular complexity index is 194. The molecule has 0 heterocycles. The van der Waals surface area contributed by atoms with Crippen LogP contribution in [0.5, 0.6) is 0 Å². The smallest absolute Gasteiger partial charge is 0.394 e. The maximum atomic E-state index is 12.4. The summed E-state index contributed by atoms with van der Waals surface area (Å²) >= 11 is 0. The zero-order chi connectivity index (χ0) is 11.5. The van der Waals surface area contributed by atoms with Crippen LogP contribution in [0.1, 0.15) is 12.8 Å². The van der Waals surface area contributed by atoms with Crippen LogP contribution in [-0.2, 0) is 0 Å². The molecule has 3 N–H and O–H groups in total. The molecule has 0 spiro atoms. The molecule has 90 valence electrons. The lowest BCUT2D eigenvalue weighted by molar-refractivity contribution is -0.176. The highest BCUT2D eigenvalue weighted by atomic mass is 19.4. The minimum atomic E-state index is -4.24. The Morgan fingerprint density at radius 2 is 2.00 bits per heavy atom. The van der Waals surface area contributed by atoms with Gasteiger partial charge in [0.1, 0.15) is 0 Å². The summed E-state index contributed by atoms with van der Waals surface area (Å²) in [6, 6.07) is 0.216. The molecule has 0 aromatic rings. The van der Waals surface area contributed by atoms with Crippen molar-refractivity contribution in [2.75, 3.05) is 26.2 Å². The number of nitrogens with zero attached hydrogens (tertiary/aromatic N) is 1. The molecule has 0 aromatic heterocycles. The van der Waals surface area contributed by atoms with E-state index in [9.17, 15) is 13.2 Å². The molecular formula is C9H17F3N2O. The second-order valence-corrected chi connectivity index (χ2v) is 3.92. The Labute approximate surface area is 87.0 Å². The molecule has 0 amide bonds. The van der Waals surface area contributed by atoms with Crippen LogP contribution in [-0.4, -0.2) is 48.5 Å². The van der Waals surface area contributed by atoms with E-state index in [4.69, 9.17) is 10.8 Å². The monoisotopic (exact) mass is 226 g/mol. The summed E-state index contributed by atoms with van der Waals surface area (Å²) in [6.07, 6.45) is -2.39. The standard InChI is InChI=1S/C9H17F3N2O/c10-9(11,12)7(5-13)6-14(3-4-15)8-1-2-8/h7-8,15H,1-6,13H2. The number of rotatable bonds is 6. The number of aliphatic hydroxyl groups excluding tert-OH is 1. The lowest BCUT2D eigenvalue weighted by Crippen LogP contribution is -2.42. The molecule has 3 nitrogen and oxygen atoms in total. The van der Waals surface area contributed by atoms with E-state index >= 15 is 0 Å². The van der Waals surface area contributed by atoms with Gasteiger partial charge < -0.3 is 10.8 Å². The highest BCUT2D eigenvalue weighted by Crippen LogP contribution is 2.31. The minimum Gasteiger partial charge on any atom is -0.395 e. The summed E-state index contributed by atoms with van der Waals surface area (Å²) in [4.78, 5) is 1.69. The maximum Gasteiger partial charge on any atom is 0.394 e. The van der Waals surface area contributed by atoms with Crippen LogP contribution < -0.4 is 5.73 Å². The number of nitrogens with two attached hydrogens (primary N) is 1. The third-order valence-electron chi connectivity index (χ3n) is 2.65. The molecular weight excluding hydrogens is 209 g/mol. The van der Waals surface area contributed by atoms with Crippen molar-refractivity contribution in [3.8, 4) is 0 Å². The van der Waals surface area contributed by atoms with Crippen molar-refractivity contribution >= 4 is 0 Å². The SMILES string of the molecule is NCC(CN(CCO)C1CC1)C(F)(F)F. The van der Waals surface area contributed by atoms with Crippen LogP contribution in [0.3, 0.4) is 0 Å². The van der Waals surface area contributed by atoms with Gasteiger partial charge in [-0.3, -0.25) is 4.90 Å². The molecule has 6 heteroatoms. The molecule has 1 rings (SSSR count). The topological polar surface area (TPSA) is 49.5 Å². The lowest BCUT2D eigenvalue weighted by Gasteiger charge is -2.27. The van der Waals surface area contributed by atoms with E-state index in [0.29, 0.717) is 6.54 Å². The summed E-state index contributed by atoms with van der Waals surface area (Å²) in [5.74, 6) is -1.48. The average Bonchev–Trinajstić information content (AvgIpc) is 2.93. The molecule has 1 atom stereocenters. The second-order valence-electron chi connectivity index (χ2n) is 3.92. The third-order valence-corrected chi connectivity index (χ3v) is 2.65. The minimum absolute atomic E-state index is 0.0920. The van der Waals surface area contributed by atoms with Gasteiger partial charge in [0.05, 0.1) is 12.5 Å². The zero-order valence-electron chi connectivity index (χ0n) is 8.50. The average molecular weight is 226 g/mol. The maximum absolute atomic E-state index is 12.4. The predicted molar refractivity (Wildman–Crippen MR) is 50.3 cm³/mol. The van der Waals surface area contributed by atoms with Crippen LogP contribution in [0.25, 0.3) is 0 Å². The summed E-state index contributed by atoms with van der Waals surface area (Å²) in [7, 11) is 0. The molecule has 1 fully saturated rings. The van der Waals surface area contributed by atoms with Gasteiger partial charge in [-0.15, -0.1) is 0 Å². The molecule has 1 aliphatic carbocycles. The van der Waals surface area contributed by atoms with Gasteiger partial charge in [0.2, 0.25) is 0 Å². The van der Waals surface area contributed by atoms with Crippen LogP contribution in [0, 0.1) is 5.92 Å².